The molecule has 0 radical (unpaired) electrons. The summed E-state index contributed by atoms with van der Waals surface area (Å²) in [7, 11) is 0. The van der Waals surface area contributed by atoms with Crippen molar-refractivity contribution >= 4 is 57.1 Å². The van der Waals surface area contributed by atoms with Crippen molar-refractivity contribution in [3.8, 4) is 11.5 Å². The number of urea groups is 1. The van der Waals surface area contributed by atoms with Crippen LogP contribution in [0.3, 0.4) is 0 Å². The van der Waals surface area contributed by atoms with Gasteiger partial charge in [0.1, 0.15) is 18.0 Å². The average Bonchev–Trinajstić information content (AvgIpc) is 2.87. The lowest BCUT2D eigenvalue weighted by Crippen LogP contribution is -2.54. The second-order valence-corrected chi connectivity index (χ2v) is 9.53. The molecule has 3 aromatic carbocycles. The van der Waals surface area contributed by atoms with Crippen LogP contribution in [0.4, 0.5) is 28.0 Å². The molecule has 0 saturated carbocycles. The van der Waals surface area contributed by atoms with Gasteiger partial charge in [0.25, 0.3) is 11.8 Å². The van der Waals surface area contributed by atoms with E-state index in [-0.39, 0.29) is 35.3 Å². The molecule has 4 rings (SSSR count). The molecular weight excluding hydrogens is 624 g/mol. The fraction of sp³-hybridized carbons (Fsp3) is 0.148. The van der Waals surface area contributed by atoms with Crippen molar-refractivity contribution in [2.24, 2.45) is 0 Å². The first-order valence-electron chi connectivity index (χ1n) is 11.5. The van der Waals surface area contributed by atoms with Crippen LogP contribution >= 0.6 is 27.5 Å². The number of carbonyl (C=O) groups excluding carboxylic acids is 3. The topological polar surface area (TPSA) is 84.9 Å². The highest BCUT2D eigenvalue weighted by molar-refractivity contribution is 9.10. The second kappa shape index (κ2) is 11.7. The smallest absolute Gasteiger partial charge is 0.416 e. The molecule has 0 aromatic heterocycles. The highest BCUT2D eigenvalue weighted by Crippen LogP contribution is 2.39. The molecule has 0 bridgehead atoms. The van der Waals surface area contributed by atoms with E-state index >= 15 is 0 Å². The van der Waals surface area contributed by atoms with Crippen LogP contribution in [-0.2, 0) is 22.4 Å². The zero-order valence-electron chi connectivity index (χ0n) is 20.4. The third-order valence-electron chi connectivity index (χ3n) is 5.59. The monoisotopic (exact) mass is 640 g/mol. The van der Waals surface area contributed by atoms with E-state index in [1.807, 2.05) is 5.32 Å². The van der Waals surface area contributed by atoms with Gasteiger partial charge < -0.3 is 9.47 Å². The molecule has 1 aliphatic heterocycles. The summed E-state index contributed by atoms with van der Waals surface area (Å²) in [5, 5.41) is 1.62. The minimum absolute atomic E-state index is 0.124. The van der Waals surface area contributed by atoms with Crippen molar-refractivity contribution in [3.05, 3.63) is 92.2 Å². The highest BCUT2D eigenvalue weighted by atomic mass is 79.9. The Labute approximate surface area is 238 Å². The maximum absolute atomic E-state index is 14.0. The van der Waals surface area contributed by atoms with Crippen molar-refractivity contribution in [1.82, 2.24) is 5.32 Å². The quantitative estimate of drug-likeness (QED) is 0.172. The molecule has 7 nitrogen and oxygen atoms in total. The van der Waals surface area contributed by atoms with E-state index in [1.165, 1.54) is 18.2 Å². The van der Waals surface area contributed by atoms with Crippen LogP contribution in [0, 0.1) is 5.82 Å². The summed E-state index contributed by atoms with van der Waals surface area (Å²) in [5.41, 5.74) is -1.71. The number of amides is 4. The van der Waals surface area contributed by atoms with Crippen LogP contribution in [0.5, 0.6) is 11.5 Å². The van der Waals surface area contributed by atoms with E-state index in [4.69, 9.17) is 21.1 Å². The number of barbiturate groups is 1. The maximum Gasteiger partial charge on any atom is 0.416 e. The van der Waals surface area contributed by atoms with E-state index in [0.717, 1.165) is 12.1 Å². The van der Waals surface area contributed by atoms with Crippen LogP contribution in [0.1, 0.15) is 23.6 Å². The van der Waals surface area contributed by atoms with Crippen molar-refractivity contribution < 1.29 is 41.4 Å². The number of nitrogens with one attached hydrogen (secondary N) is 1. The number of rotatable bonds is 7. The SMILES string of the molecule is CCOc1cc(/C=C2/C(=O)NC(=O)N(c3cc(C(F)(F)F)ccc3Cl)C2=O)cc(Br)c1OCc1ccccc1F. The molecule has 3 aromatic rings. The molecule has 1 N–H and O–H groups in total. The fourth-order valence-electron chi connectivity index (χ4n) is 3.74. The van der Waals surface area contributed by atoms with Gasteiger partial charge >= 0.3 is 12.2 Å². The molecule has 0 aliphatic carbocycles. The molecule has 1 aliphatic rings. The number of imide groups is 2. The van der Waals surface area contributed by atoms with Gasteiger partial charge in [-0.1, -0.05) is 29.8 Å². The number of carbonyl (C=O) groups is 3. The number of halogens is 6. The average molecular weight is 642 g/mol. The molecule has 0 unspecified atom stereocenters. The van der Waals surface area contributed by atoms with E-state index in [0.29, 0.717) is 27.1 Å². The van der Waals surface area contributed by atoms with E-state index in [2.05, 4.69) is 15.9 Å². The van der Waals surface area contributed by atoms with Crippen molar-refractivity contribution in [2.45, 2.75) is 19.7 Å². The van der Waals surface area contributed by atoms with Gasteiger partial charge in [0, 0.05) is 5.56 Å². The third kappa shape index (κ3) is 6.13. The Bertz CT molecular complexity index is 1540. The Kier molecular flexibility index (Phi) is 8.50. The van der Waals surface area contributed by atoms with Crippen LogP contribution in [-0.4, -0.2) is 24.5 Å². The Morgan fingerprint density at radius 2 is 1.77 bits per heavy atom. The van der Waals surface area contributed by atoms with Gasteiger partial charge in [0.2, 0.25) is 0 Å². The van der Waals surface area contributed by atoms with Crippen LogP contribution in [0.15, 0.2) is 64.6 Å². The molecule has 0 atom stereocenters. The largest absolute Gasteiger partial charge is 0.490 e. The number of hydrogen-bond acceptors (Lipinski definition) is 5. The molecule has 0 spiro atoms. The number of anilines is 1. The van der Waals surface area contributed by atoms with E-state index in [9.17, 15) is 31.9 Å². The zero-order chi connectivity index (χ0) is 29.2. The highest BCUT2D eigenvalue weighted by Gasteiger charge is 2.39. The summed E-state index contributed by atoms with van der Waals surface area (Å²) in [5.74, 6) is -2.30. The van der Waals surface area contributed by atoms with E-state index in [1.54, 1.807) is 25.1 Å². The lowest BCUT2D eigenvalue weighted by atomic mass is 10.1. The third-order valence-corrected chi connectivity index (χ3v) is 6.50. The summed E-state index contributed by atoms with van der Waals surface area (Å²) >= 11 is 9.37. The number of alkyl halides is 3. The predicted molar refractivity (Wildman–Crippen MR) is 141 cm³/mol. The van der Waals surface area contributed by atoms with Gasteiger partial charge in [-0.05, 0) is 70.9 Å². The molecule has 1 heterocycles. The first-order valence-corrected chi connectivity index (χ1v) is 12.7. The number of nitrogens with zero attached hydrogens (tertiary/aromatic N) is 1. The molecule has 4 amide bonds. The molecular formula is C27H18BrClF4N2O5. The van der Waals surface area contributed by atoms with Crippen LogP contribution in [0.2, 0.25) is 5.02 Å². The van der Waals surface area contributed by atoms with Gasteiger partial charge in [-0.2, -0.15) is 13.2 Å². The second-order valence-electron chi connectivity index (χ2n) is 8.26. The van der Waals surface area contributed by atoms with Crippen molar-refractivity contribution in [1.29, 1.82) is 0 Å². The Morgan fingerprint density at radius 1 is 1.05 bits per heavy atom. The van der Waals surface area contributed by atoms with Crippen molar-refractivity contribution in [2.75, 3.05) is 11.5 Å². The zero-order valence-corrected chi connectivity index (χ0v) is 22.8. The van der Waals surface area contributed by atoms with Crippen LogP contribution in [0.25, 0.3) is 6.08 Å². The Hall–Kier alpha value is -3.90. The summed E-state index contributed by atoms with van der Waals surface area (Å²) < 4.78 is 65.6. The van der Waals surface area contributed by atoms with Gasteiger partial charge in [0.15, 0.2) is 11.5 Å². The summed E-state index contributed by atoms with van der Waals surface area (Å²) in [6.07, 6.45) is -3.65. The summed E-state index contributed by atoms with van der Waals surface area (Å²) in [6, 6.07) is 9.83. The normalized spacial score (nSPS) is 14.9. The lowest BCUT2D eigenvalue weighted by Gasteiger charge is -2.27. The molecule has 208 valence electrons. The Balaban J connectivity index is 1.70. The fourth-order valence-corrected chi connectivity index (χ4v) is 4.52. The predicted octanol–water partition coefficient (Wildman–Crippen LogP) is 6.90. The van der Waals surface area contributed by atoms with Crippen molar-refractivity contribution in [3.63, 3.8) is 0 Å². The first-order chi connectivity index (χ1) is 18.9. The molecule has 40 heavy (non-hydrogen) atoms. The molecule has 1 saturated heterocycles. The standard InChI is InChI=1S/C27H18BrClF4N2O5/c1-2-39-22-11-14(10-18(28)23(22)40-13-15-5-3-4-6-20(15)30)9-17-24(36)34-26(38)35(25(17)37)21-12-16(27(31,32)33)7-8-19(21)29/h3-12H,2,13H2,1H3,(H,34,36,38)/b17-9-. The molecule has 13 heteroatoms. The molecule has 1 fully saturated rings. The number of ether oxygens (including phenoxy) is 2. The minimum atomic E-state index is -4.78. The van der Waals surface area contributed by atoms with Gasteiger partial charge in [0.05, 0.1) is 27.4 Å². The Morgan fingerprint density at radius 3 is 2.45 bits per heavy atom. The summed E-state index contributed by atoms with van der Waals surface area (Å²) in [6.45, 7) is 1.79. The van der Waals surface area contributed by atoms with Gasteiger partial charge in [-0.3, -0.25) is 14.9 Å². The van der Waals surface area contributed by atoms with Gasteiger partial charge in [-0.25, -0.2) is 14.1 Å². The lowest BCUT2D eigenvalue weighted by molar-refractivity contribution is -0.137. The maximum atomic E-state index is 14.0. The summed E-state index contributed by atoms with van der Waals surface area (Å²) in [4.78, 5) is 38.7. The van der Waals surface area contributed by atoms with Crippen LogP contribution < -0.4 is 19.7 Å². The first kappa shape index (κ1) is 29.1. The number of benzene rings is 3. The number of hydrogen-bond donors (Lipinski definition) is 1. The minimum Gasteiger partial charge on any atom is -0.490 e. The van der Waals surface area contributed by atoms with E-state index < -0.39 is 46.7 Å². The van der Waals surface area contributed by atoms with Gasteiger partial charge in [-0.15, -0.1) is 0 Å².